The minimum absolute atomic E-state index is 0.198. The first-order valence-electron chi connectivity index (χ1n) is 7.79. The molecule has 24 heavy (non-hydrogen) atoms. The minimum atomic E-state index is -0.384. The van der Waals surface area contributed by atoms with Gasteiger partial charge in [0.1, 0.15) is 11.5 Å². The van der Waals surface area contributed by atoms with Crippen LogP contribution in [0.3, 0.4) is 0 Å². The number of rotatable bonds is 5. The van der Waals surface area contributed by atoms with Gasteiger partial charge in [-0.2, -0.15) is 5.10 Å². The maximum absolute atomic E-state index is 13.8. The normalized spacial score (nSPS) is 11.9. The second-order valence-corrected chi connectivity index (χ2v) is 5.62. The number of hydrogen-bond donors (Lipinski definition) is 1. The Morgan fingerprint density at radius 3 is 2.58 bits per heavy atom. The maximum Gasteiger partial charge on any atom is 0.271 e. The molecule has 1 aromatic heterocycles. The summed E-state index contributed by atoms with van der Waals surface area (Å²) in [6.07, 6.45) is 1.58. The molecule has 4 nitrogen and oxygen atoms in total. The van der Waals surface area contributed by atoms with Crippen molar-refractivity contribution in [1.29, 1.82) is 0 Å². The molecule has 1 atom stereocenters. The van der Waals surface area contributed by atoms with Gasteiger partial charge in [-0.05, 0) is 29.7 Å². The molecule has 0 aliphatic carbocycles. The quantitative estimate of drug-likeness (QED) is 0.780. The van der Waals surface area contributed by atoms with Gasteiger partial charge in [0.05, 0.1) is 0 Å². The molecule has 1 unspecified atom stereocenters. The molecule has 1 amide bonds. The van der Waals surface area contributed by atoms with E-state index in [1.807, 2.05) is 37.3 Å². The second-order valence-electron chi connectivity index (χ2n) is 5.62. The van der Waals surface area contributed by atoms with Crippen molar-refractivity contribution in [3.63, 3.8) is 0 Å². The van der Waals surface area contributed by atoms with Crippen molar-refractivity contribution < 1.29 is 9.18 Å². The van der Waals surface area contributed by atoms with Crippen LogP contribution < -0.4 is 5.32 Å². The monoisotopic (exact) mass is 323 g/mol. The van der Waals surface area contributed by atoms with Crippen LogP contribution in [0.1, 0.15) is 28.9 Å². The number of para-hydroxylation sites is 1. The molecule has 0 saturated heterocycles. The number of nitrogens with one attached hydrogen (secondary N) is 1. The lowest BCUT2D eigenvalue weighted by atomic mass is 10.0. The molecular formula is C19H18FN3O. The molecule has 0 aliphatic rings. The third-order valence-electron chi connectivity index (χ3n) is 3.86. The Morgan fingerprint density at radius 1 is 1.12 bits per heavy atom. The SMILES string of the molecule is CC(CNC(=O)c1ccn(-c2ccccc2F)n1)c1ccccc1. The summed E-state index contributed by atoms with van der Waals surface area (Å²) in [4.78, 5) is 12.2. The van der Waals surface area contributed by atoms with Gasteiger partial charge in [-0.3, -0.25) is 4.79 Å². The molecule has 5 heteroatoms. The Morgan fingerprint density at radius 2 is 1.83 bits per heavy atom. The van der Waals surface area contributed by atoms with Crippen LogP contribution in [0.25, 0.3) is 5.69 Å². The zero-order valence-electron chi connectivity index (χ0n) is 13.3. The van der Waals surface area contributed by atoms with Gasteiger partial charge in [0.2, 0.25) is 0 Å². The maximum atomic E-state index is 13.8. The van der Waals surface area contributed by atoms with E-state index in [1.54, 1.807) is 30.5 Å². The topological polar surface area (TPSA) is 46.9 Å². The fraction of sp³-hybridized carbons (Fsp3) is 0.158. The first-order valence-corrected chi connectivity index (χ1v) is 7.79. The van der Waals surface area contributed by atoms with Crippen LogP contribution in [0, 0.1) is 5.82 Å². The van der Waals surface area contributed by atoms with Crippen LogP contribution >= 0.6 is 0 Å². The summed E-state index contributed by atoms with van der Waals surface area (Å²) in [5.41, 5.74) is 1.74. The number of benzene rings is 2. The molecule has 0 radical (unpaired) electrons. The van der Waals surface area contributed by atoms with E-state index in [1.165, 1.54) is 10.7 Å². The number of hydrogen-bond acceptors (Lipinski definition) is 2. The van der Waals surface area contributed by atoms with Crippen molar-refractivity contribution in [3.8, 4) is 5.69 Å². The lowest BCUT2D eigenvalue weighted by molar-refractivity contribution is 0.0946. The molecule has 3 aromatic rings. The van der Waals surface area contributed by atoms with E-state index in [4.69, 9.17) is 0 Å². The molecular weight excluding hydrogens is 305 g/mol. The molecule has 0 aliphatic heterocycles. The molecule has 2 aromatic carbocycles. The van der Waals surface area contributed by atoms with Gasteiger partial charge >= 0.3 is 0 Å². The summed E-state index contributed by atoms with van der Waals surface area (Å²) in [6, 6.07) is 17.9. The minimum Gasteiger partial charge on any atom is -0.350 e. The van der Waals surface area contributed by atoms with Crippen molar-refractivity contribution in [1.82, 2.24) is 15.1 Å². The summed E-state index contributed by atoms with van der Waals surface area (Å²) in [5.74, 6) is -0.457. The van der Waals surface area contributed by atoms with Gasteiger partial charge in [-0.25, -0.2) is 9.07 Å². The highest BCUT2D eigenvalue weighted by atomic mass is 19.1. The molecule has 0 spiro atoms. The van der Waals surface area contributed by atoms with E-state index in [-0.39, 0.29) is 23.3 Å². The zero-order valence-corrected chi connectivity index (χ0v) is 13.3. The highest BCUT2D eigenvalue weighted by Gasteiger charge is 2.13. The molecule has 0 bridgehead atoms. The highest BCUT2D eigenvalue weighted by molar-refractivity contribution is 5.92. The first kappa shape index (κ1) is 15.9. The zero-order chi connectivity index (χ0) is 16.9. The predicted molar refractivity (Wildman–Crippen MR) is 90.7 cm³/mol. The van der Waals surface area contributed by atoms with E-state index in [2.05, 4.69) is 10.4 Å². The average molecular weight is 323 g/mol. The van der Waals surface area contributed by atoms with Gasteiger partial charge in [0.25, 0.3) is 5.91 Å². The van der Waals surface area contributed by atoms with Crippen molar-refractivity contribution >= 4 is 5.91 Å². The van der Waals surface area contributed by atoms with Gasteiger partial charge in [0.15, 0.2) is 5.69 Å². The Bertz CT molecular complexity index is 829. The Kier molecular flexibility index (Phi) is 4.70. The van der Waals surface area contributed by atoms with Gasteiger partial charge in [-0.1, -0.05) is 49.4 Å². The highest BCUT2D eigenvalue weighted by Crippen LogP contribution is 2.14. The Hall–Kier alpha value is -2.95. The Balaban J connectivity index is 1.65. The summed E-state index contributed by atoms with van der Waals surface area (Å²) in [7, 11) is 0. The molecule has 1 heterocycles. The van der Waals surface area contributed by atoms with Crippen LogP contribution in [-0.4, -0.2) is 22.2 Å². The largest absolute Gasteiger partial charge is 0.350 e. The van der Waals surface area contributed by atoms with Crippen LogP contribution in [0.2, 0.25) is 0 Å². The van der Waals surface area contributed by atoms with Crippen LogP contribution in [0.15, 0.2) is 66.9 Å². The molecule has 1 N–H and O–H groups in total. The lowest BCUT2D eigenvalue weighted by Crippen LogP contribution is -2.28. The molecule has 0 fully saturated rings. The van der Waals surface area contributed by atoms with Gasteiger partial charge in [0, 0.05) is 12.7 Å². The number of amides is 1. The van der Waals surface area contributed by atoms with E-state index in [0.717, 1.165) is 5.56 Å². The third kappa shape index (κ3) is 3.51. The van der Waals surface area contributed by atoms with Crippen LogP contribution in [0.4, 0.5) is 4.39 Å². The van der Waals surface area contributed by atoms with Crippen LogP contribution in [-0.2, 0) is 0 Å². The van der Waals surface area contributed by atoms with E-state index in [9.17, 15) is 9.18 Å². The number of carbonyl (C=O) groups excluding carboxylic acids is 1. The summed E-state index contributed by atoms with van der Waals surface area (Å²) in [5, 5.41) is 7.02. The Labute approximate surface area is 139 Å². The molecule has 3 rings (SSSR count). The van der Waals surface area contributed by atoms with Gasteiger partial charge < -0.3 is 5.32 Å². The summed E-state index contributed by atoms with van der Waals surface area (Å²) in [6.45, 7) is 2.56. The van der Waals surface area contributed by atoms with E-state index < -0.39 is 0 Å². The van der Waals surface area contributed by atoms with E-state index in [0.29, 0.717) is 12.2 Å². The molecule has 122 valence electrons. The fourth-order valence-electron chi connectivity index (χ4n) is 2.45. The fourth-order valence-corrected chi connectivity index (χ4v) is 2.45. The van der Waals surface area contributed by atoms with Crippen molar-refractivity contribution in [3.05, 3.63) is 83.9 Å². The summed E-state index contributed by atoms with van der Waals surface area (Å²) >= 11 is 0. The van der Waals surface area contributed by atoms with Crippen molar-refractivity contribution in [2.24, 2.45) is 0 Å². The first-order chi connectivity index (χ1) is 11.6. The van der Waals surface area contributed by atoms with Crippen molar-refractivity contribution in [2.45, 2.75) is 12.8 Å². The second kappa shape index (κ2) is 7.08. The number of halogens is 1. The smallest absolute Gasteiger partial charge is 0.271 e. The average Bonchev–Trinajstić information content (AvgIpc) is 3.10. The van der Waals surface area contributed by atoms with Gasteiger partial charge in [-0.15, -0.1) is 0 Å². The van der Waals surface area contributed by atoms with Crippen LogP contribution in [0.5, 0.6) is 0 Å². The summed E-state index contributed by atoms with van der Waals surface area (Å²) < 4.78 is 15.1. The number of carbonyl (C=O) groups is 1. The third-order valence-corrected chi connectivity index (χ3v) is 3.86. The van der Waals surface area contributed by atoms with E-state index >= 15 is 0 Å². The standard InChI is InChI=1S/C19H18FN3O/c1-14(15-7-3-2-4-8-15)13-21-19(24)17-11-12-23(22-17)18-10-6-5-9-16(18)20/h2-12,14H,13H2,1H3,(H,21,24). The number of aromatic nitrogens is 2. The van der Waals surface area contributed by atoms with Crippen molar-refractivity contribution in [2.75, 3.05) is 6.54 Å². The lowest BCUT2D eigenvalue weighted by Gasteiger charge is -2.12. The molecule has 0 saturated carbocycles. The number of nitrogens with zero attached hydrogens (tertiary/aromatic N) is 2. The predicted octanol–water partition coefficient (Wildman–Crippen LogP) is 3.54.